The number of methoxy groups -OCH3 is 1. The number of carbonyl (C=O) groups excluding carboxylic acids is 1. The van der Waals surface area contributed by atoms with Crippen LogP contribution in [-0.2, 0) is 17.8 Å². The molecule has 0 saturated heterocycles. The molecule has 1 heterocycles. The van der Waals surface area contributed by atoms with Gasteiger partial charge in [0.25, 0.3) is 0 Å². The Morgan fingerprint density at radius 3 is 2.46 bits per heavy atom. The maximum atomic E-state index is 11.2. The van der Waals surface area contributed by atoms with Gasteiger partial charge < -0.3 is 15.4 Å². The summed E-state index contributed by atoms with van der Waals surface area (Å²) in [6, 6.07) is 11.8. The van der Waals surface area contributed by atoms with E-state index in [0.29, 0.717) is 12.2 Å². The van der Waals surface area contributed by atoms with E-state index >= 15 is 0 Å². The van der Waals surface area contributed by atoms with E-state index in [1.165, 1.54) is 16.9 Å². The Labute approximate surface area is 175 Å². The molecule has 0 atom stereocenters. The van der Waals surface area contributed by atoms with Crippen LogP contribution in [0.25, 0.3) is 0 Å². The number of carbonyl (C=O) groups is 1. The largest absolute Gasteiger partial charge is 0.453 e. The Morgan fingerprint density at radius 1 is 1.15 bits per heavy atom. The van der Waals surface area contributed by atoms with Crippen molar-refractivity contribution in [3.05, 3.63) is 51.7 Å². The summed E-state index contributed by atoms with van der Waals surface area (Å²) in [5.74, 6) is 0.783. The summed E-state index contributed by atoms with van der Waals surface area (Å²) in [5, 5.41) is 9.21. The van der Waals surface area contributed by atoms with E-state index in [4.69, 9.17) is 0 Å². The average molecular weight is 488 g/mol. The number of thiophene rings is 1. The molecule has 0 saturated carbocycles. The Balaban J connectivity index is 0.00000338. The van der Waals surface area contributed by atoms with Crippen LogP contribution in [0.3, 0.4) is 0 Å². The van der Waals surface area contributed by atoms with E-state index in [2.05, 4.69) is 44.7 Å². The molecule has 0 unspecified atom stereocenters. The third-order valence-corrected chi connectivity index (χ3v) is 4.38. The molecule has 142 valence electrons. The standard InChI is InChI=1S/C18H24N4O2S.HI/c1-4-19-17(21-12-16-10-5-13(2)25-16)20-11-14-6-8-15(9-7-14)22-18(23)24-3;/h5-10H,4,11-12H2,1-3H3,(H,22,23)(H2,19,20,21);1H. The van der Waals surface area contributed by atoms with E-state index in [9.17, 15) is 4.79 Å². The minimum Gasteiger partial charge on any atom is -0.453 e. The number of rotatable bonds is 6. The molecule has 8 heteroatoms. The first-order valence-electron chi connectivity index (χ1n) is 8.12. The molecule has 0 aliphatic heterocycles. The number of hydrogen-bond donors (Lipinski definition) is 3. The lowest BCUT2D eigenvalue weighted by atomic mass is 10.2. The van der Waals surface area contributed by atoms with Crippen LogP contribution in [0.2, 0.25) is 0 Å². The van der Waals surface area contributed by atoms with Crippen molar-refractivity contribution >= 4 is 53.1 Å². The Kier molecular flexibility index (Phi) is 10.0. The van der Waals surface area contributed by atoms with Crippen LogP contribution in [-0.4, -0.2) is 25.7 Å². The Hall–Kier alpha value is -1.81. The minimum atomic E-state index is -0.479. The molecule has 1 aromatic heterocycles. The maximum Gasteiger partial charge on any atom is 0.411 e. The van der Waals surface area contributed by atoms with Gasteiger partial charge in [0.15, 0.2) is 5.96 Å². The maximum absolute atomic E-state index is 11.2. The van der Waals surface area contributed by atoms with Gasteiger partial charge in [-0.15, -0.1) is 35.3 Å². The summed E-state index contributed by atoms with van der Waals surface area (Å²) >= 11 is 1.78. The van der Waals surface area contributed by atoms with Crippen molar-refractivity contribution in [2.45, 2.75) is 26.9 Å². The second kappa shape index (κ2) is 11.7. The Bertz CT molecular complexity index is 716. The third kappa shape index (κ3) is 7.61. The average Bonchev–Trinajstić information content (AvgIpc) is 3.04. The molecule has 2 aromatic rings. The first-order chi connectivity index (χ1) is 12.1. The first kappa shape index (κ1) is 22.2. The number of benzene rings is 1. The lowest BCUT2D eigenvalue weighted by molar-refractivity contribution is 0.187. The topological polar surface area (TPSA) is 74.8 Å². The predicted molar refractivity (Wildman–Crippen MR) is 119 cm³/mol. The summed E-state index contributed by atoms with van der Waals surface area (Å²) < 4.78 is 4.57. The van der Waals surface area contributed by atoms with E-state index < -0.39 is 6.09 Å². The lowest BCUT2D eigenvalue weighted by Gasteiger charge is -2.10. The van der Waals surface area contributed by atoms with Gasteiger partial charge in [0.2, 0.25) is 0 Å². The van der Waals surface area contributed by atoms with Crippen LogP contribution in [0.4, 0.5) is 10.5 Å². The molecule has 2 rings (SSSR count). The summed E-state index contributed by atoms with van der Waals surface area (Å²) in [6.07, 6.45) is -0.479. The first-order valence-corrected chi connectivity index (χ1v) is 8.93. The van der Waals surface area contributed by atoms with Gasteiger partial charge in [-0.3, -0.25) is 5.32 Å². The van der Waals surface area contributed by atoms with Crippen LogP contribution < -0.4 is 16.0 Å². The van der Waals surface area contributed by atoms with Crippen LogP contribution in [0, 0.1) is 6.92 Å². The van der Waals surface area contributed by atoms with Crippen molar-refractivity contribution in [2.75, 3.05) is 19.0 Å². The van der Waals surface area contributed by atoms with E-state index in [-0.39, 0.29) is 24.0 Å². The third-order valence-electron chi connectivity index (χ3n) is 3.38. The summed E-state index contributed by atoms with van der Waals surface area (Å²) in [7, 11) is 1.34. The molecule has 0 aliphatic carbocycles. The zero-order valence-corrected chi connectivity index (χ0v) is 18.3. The summed E-state index contributed by atoms with van der Waals surface area (Å²) in [4.78, 5) is 18.4. The van der Waals surface area contributed by atoms with Gasteiger partial charge in [-0.05, 0) is 43.7 Å². The van der Waals surface area contributed by atoms with Gasteiger partial charge in [-0.25, -0.2) is 9.79 Å². The highest BCUT2D eigenvalue weighted by Gasteiger charge is 2.02. The van der Waals surface area contributed by atoms with E-state index in [1.807, 2.05) is 31.2 Å². The highest BCUT2D eigenvalue weighted by molar-refractivity contribution is 14.0. The van der Waals surface area contributed by atoms with Gasteiger partial charge in [0.1, 0.15) is 0 Å². The van der Waals surface area contributed by atoms with Crippen molar-refractivity contribution in [2.24, 2.45) is 4.99 Å². The number of aliphatic imine (C=N–C) groups is 1. The number of aryl methyl sites for hydroxylation is 1. The van der Waals surface area contributed by atoms with E-state index in [1.54, 1.807) is 11.3 Å². The van der Waals surface area contributed by atoms with Gasteiger partial charge in [-0.2, -0.15) is 0 Å². The molecule has 0 aliphatic rings. The highest BCUT2D eigenvalue weighted by Crippen LogP contribution is 2.14. The minimum absolute atomic E-state index is 0. The van der Waals surface area contributed by atoms with Crippen LogP contribution in [0.15, 0.2) is 41.4 Å². The Morgan fingerprint density at radius 2 is 1.88 bits per heavy atom. The van der Waals surface area contributed by atoms with Crippen molar-refractivity contribution in [1.29, 1.82) is 0 Å². The number of nitrogens with zero attached hydrogens (tertiary/aromatic N) is 1. The highest BCUT2D eigenvalue weighted by atomic mass is 127. The fraction of sp³-hybridized carbons (Fsp3) is 0.333. The summed E-state index contributed by atoms with van der Waals surface area (Å²) in [6.45, 7) is 6.26. The monoisotopic (exact) mass is 488 g/mol. The zero-order valence-electron chi connectivity index (χ0n) is 15.2. The molecule has 26 heavy (non-hydrogen) atoms. The van der Waals surface area contributed by atoms with Gasteiger partial charge in [0, 0.05) is 22.0 Å². The second-order valence-electron chi connectivity index (χ2n) is 5.37. The number of guanidine groups is 1. The smallest absolute Gasteiger partial charge is 0.411 e. The second-order valence-corrected chi connectivity index (χ2v) is 6.75. The van der Waals surface area contributed by atoms with Gasteiger partial charge in [-0.1, -0.05) is 12.1 Å². The predicted octanol–water partition coefficient (Wildman–Crippen LogP) is 4.11. The zero-order chi connectivity index (χ0) is 18.1. The number of amides is 1. The molecule has 0 fully saturated rings. The number of halogens is 1. The van der Waals surface area contributed by atoms with Crippen LogP contribution in [0.1, 0.15) is 22.2 Å². The fourth-order valence-electron chi connectivity index (χ4n) is 2.13. The summed E-state index contributed by atoms with van der Waals surface area (Å²) in [5.41, 5.74) is 1.75. The molecule has 1 amide bonds. The van der Waals surface area contributed by atoms with Crippen molar-refractivity contribution < 1.29 is 9.53 Å². The number of anilines is 1. The number of ether oxygens (including phenoxy) is 1. The van der Waals surface area contributed by atoms with Crippen molar-refractivity contribution in [1.82, 2.24) is 10.6 Å². The van der Waals surface area contributed by atoms with Gasteiger partial charge in [0.05, 0.1) is 20.2 Å². The number of nitrogens with one attached hydrogen (secondary N) is 3. The molecular weight excluding hydrogens is 463 g/mol. The molecule has 0 radical (unpaired) electrons. The lowest BCUT2D eigenvalue weighted by Crippen LogP contribution is -2.36. The molecule has 6 nitrogen and oxygen atoms in total. The molecule has 3 N–H and O–H groups in total. The van der Waals surface area contributed by atoms with Gasteiger partial charge >= 0.3 is 6.09 Å². The number of hydrogen-bond acceptors (Lipinski definition) is 4. The van der Waals surface area contributed by atoms with Crippen molar-refractivity contribution in [3.8, 4) is 0 Å². The molecular formula is C18H25IN4O2S. The van der Waals surface area contributed by atoms with Crippen molar-refractivity contribution in [3.63, 3.8) is 0 Å². The normalized spacial score (nSPS) is 10.7. The molecule has 1 aromatic carbocycles. The SMILES string of the molecule is CCNC(=NCc1ccc(NC(=O)OC)cc1)NCc1ccc(C)s1.I. The van der Waals surface area contributed by atoms with Crippen LogP contribution in [0.5, 0.6) is 0 Å². The molecule has 0 spiro atoms. The molecule has 0 bridgehead atoms. The quantitative estimate of drug-likeness (QED) is 0.325. The fourth-order valence-corrected chi connectivity index (χ4v) is 2.96. The van der Waals surface area contributed by atoms with E-state index in [0.717, 1.165) is 24.6 Å². The van der Waals surface area contributed by atoms with Crippen LogP contribution >= 0.6 is 35.3 Å².